The molecule has 0 bridgehead atoms. The lowest BCUT2D eigenvalue weighted by Crippen LogP contribution is -2.20. The highest BCUT2D eigenvalue weighted by Gasteiger charge is 2.14. The summed E-state index contributed by atoms with van der Waals surface area (Å²) in [5.41, 5.74) is 4.74. The van der Waals surface area contributed by atoms with E-state index in [0.29, 0.717) is 21.7 Å². The predicted molar refractivity (Wildman–Crippen MR) is 131 cm³/mol. The van der Waals surface area contributed by atoms with Crippen LogP contribution in [0.5, 0.6) is 0 Å². The Morgan fingerprint density at radius 3 is 2.53 bits per heavy atom. The first-order valence-corrected chi connectivity index (χ1v) is 10.6. The van der Waals surface area contributed by atoms with E-state index in [2.05, 4.69) is 33.9 Å². The van der Waals surface area contributed by atoms with Crippen molar-refractivity contribution in [3.05, 3.63) is 87.7 Å². The summed E-state index contributed by atoms with van der Waals surface area (Å²) in [6.45, 7) is 4.57. The molecular formula is C23H20Cl2N4S. The van der Waals surface area contributed by atoms with Crippen LogP contribution in [-0.2, 0) is 6.54 Å². The third-order valence-corrected chi connectivity index (χ3v) is 5.92. The van der Waals surface area contributed by atoms with Crippen molar-refractivity contribution in [2.45, 2.75) is 20.4 Å². The second kappa shape index (κ2) is 8.64. The third-order valence-electron chi connectivity index (χ3n) is 4.97. The van der Waals surface area contributed by atoms with Crippen LogP contribution in [0.1, 0.15) is 17.0 Å². The van der Waals surface area contributed by atoms with Gasteiger partial charge in [-0.25, -0.2) is 0 Å². The first kappa shape index (κ1) is 20.7. The maximum atomic E-state index is 6.14. The van der Waals surface area contributed by atoms with Crippen LogP contribution in [0.3, 0.4) is 0 Å². The van der Waals surface area contributed by atoms with E-state index in [4.69, 9.17) is 35.4 Å². The Hall–Kier alpha value is -2.60. The van der Waals surface area contributed by atoms with Crippen molar-refractivity contribution >= 4 is 62.7 Å². The van der Waals surface area contributed by atoms with Gasteiger partial charge in [-0.05, 0) is 55.2 Å². The van der Waals surface area contributed by atoms with Gasteiger partial charge in [0.05, 0.1) is 33.7 Å². The second-order valence-corrected chi connectivity index (χ2v) is 8.28. The van der Waals surface area contributed by atoms with Crippen molar-refractivity contribution in [2.75, 3.05) is 10.6 Å². The molecule has 0 amide bonds. The molecule has 152 valence electrons. The quantitative estimate of drug-likeness (QED) is 0.332. The third kappa shape index (κ3) is 4.29. The number of rotatable bonds is 4. The van der Waals surface area contributed by atoms with E-state index in [1.165, 1.54) is 0 Å². The number of benzene rings is 3. The van der Waals surface area contributed by atoms with Gasteiger partial charge in [0.25, 0.3) is 0 Å². The SMILES string of the molecule is Cc1nn(Cc2ccc(Cl)c(Cl)c2)c(C)c1NC(=S)Nc1cccc2ccccc12. The Kier molecular flexibility index (Phi) is 5.95. The lowest BCUT2D eigenvalue weighted by molar-refractivity contribution is 0.659. The van der Waals surface area contributed by atoms with E-state index in [-0.39, 0.29) is 0 Å². The van der Waals surface area contributed by atoms with Gasteiger partial charge in [-0.15, -0.1) is 0 Å². The number of anilines is 2. The molecule has 0 aliphatic heterocycles. The van der Waals surface area contributed by atoms with Crippen molar-refractivity contribution < 1.29 is 0 Å². The second-order valence-electron chi connectivity index (χ2n) is 7.06. The highest BCUT2D eigenvalue weighted by molar-refractivity contribution is 7.80. The largest absolute Gasteiger partial charge is 0.332 e. The van der Waals surface area contributed by atoms with Gasteiger partial charge in [0.1, 0.15) is 0 Å². The molecule has 0 spiro atoms. The fourth-order valence-electron chi connectivity index (χ4n) is 3.44. The molecule has 3 aromatic carbocycles. The van der Waals surface area contributed by atoms with E-state index in [0.717, 1.165) is 39.1 Å². The number of nitrogens with zero attached hydrogens (tertiary/aromatic N) is 2. The molecule has 4 nitrogen and oxygen atoms in total. The fourth-order valence-corrected chi connectivity index (χ4v) is 3.98. The summed E-state index contributed by atoms with van der Waals surface area (Å²) in [5, 5.41) is 15.2. The summed E-state index contributed by atoms with van der Waals surface area (Å²) in [4.78, 5) is 0. The lowest BCUT2D eigenvalue weighted by atomic mass is 10.1. The molecule has 0 aliphatic rings. The molecule has 2 N–H and O–H groups in total. The van der Waals surface area contributed by atoms with E-state index in [1.807, 2.05) is 54.9 Å². The monoisotopic (exact) mass is 454 g/mol. The molecule has 4 rings (SSSR count). The van der Waals surface area contributed by atoms with Crippen LogP contribution < -0.4 is 10.6 Å². The number of hydrogen-bond acceptors (Lipinski definition) is 2. The summed E-state index contributed by atoms with van der Waals surface area (Å²) < 4.78 is 1.93. The summed E-state index contributed by atoms with van der Waals surface area (Å²) >= 11 is 17.7. The highest BCUT2D eigenvalue weighted by Crippen LogP contribution is 2.26. The van der Waals surface area contributed by atoms with Crippen molar-refractivity contribution in [2.24, 2.45) is 0 Å². The number of thiocarbonyl (C=S) groups is 1. The minimum absolute atomic E-state index is 0.520. The van der Waals surface area contributed by atoms with Crippen LogP contribution in [0.15, 0.2) is 60.7 Å². The van der Waals surface area contributed by atoms with Crippen molar-refractivity contribution in [3.8, 4) is 0 Å². The summed E-state index contributed by atoms with van der Waals surface area (Å²) in [5.74, 6) is 0. The first-order valence-electron chi connectivity index (χ1n) is 9.46. The Labute approximate surface area is 190 Å². The number of nitrogens with one attached hydrogen (secondary N) is 2. The van der Waals surface area contributed by atoms with Crippen LogP contribution in [0.4, 0.5) is 11.4 Å². The number of aromatic nitrogens is 2. The summed E-state index contributed by atoms with van der Waals surface area (Å²) in [6, 6.07) is 19.9. The van der Waals surface area contributed by atoms with Crippen molar-refractivity contribution in [1.82, 2.24) is 9.78 Å². The molecule has 1 aromatic heterocycles. The van der Waals surface area contributed by atoms with Crippen LogP contribution in [0.2, 0.25) is 10.0 Å². The zero-order chi connectivity index (χ0) is 21.3. The topological polar surface area (TPSA) is 41.9 Å². The molecule has 0 saturated heterocycles. The van der Waals surface area contributed by atoms with Gasteiger partial charge in [0.2, 0.25) is 0 Å². The van der Waals surface area contributed by atoms with Gasteiger partial charge in [-0.2, -0.15) is 5.10 Å². The number of halogens is 2. The Morgan fingerprint density at radius 1 is 0.967 bits per heavy atom. The van der Waals surface area contributed by atoms with Gasteiger partial charge < -0.3 is 10.6 Å². The Morgan fingerprint density at radius 2 is 1.73 bits per heavy atom. The lowest BCUT2D eigenvalue weighted by Gasteiger charge is -2.13. The average Bonchev–Trinajstić information content (AvgIpc) is 2.98. The number of fused-ring (bicyclic) bond motifs is 1. The van der Waals surface area contributed by atoms with Crippen molar-refractivity contribution in [3.63, 3.8) is 0 Å². The molecule has 0 aliphatic carbocycles. The van der Waals surface area contributed by atoms with Gasteiger partial charge in [-0.3, -0.25) is 4.68 Å². The standard InChI is InChI=1S/C23H20Cl2N4S/c1-14-22(15(2)29(28-14)13-16-10-11-19(24)20(25)12-16)27-23(30)26-21-9-5-7-17-6-3-4-8-18(17)21/h3-12H,13H2,1-2H3,(H2,26,27,30). The van der Waals surface area contributed by atoms with Gasteiger partial charge in [0, 0.05) is 11.1 Å². The molecule has 7 heteroatoms. The normalized spacial score (nSPS) is 10.9. The predicted octanol–water partition coefficient (Wildman–Crippen LogP) is 6.82. The van der Waals surface area contributed by atoms with Crippen LogP contribution >= 0.6 is 35.4 Å². The van der Waals surface area contributed by atoms with Gasteiger partial charge in [0.15, 0.2) is 5.11 Å². The maximum Gasteiger partial charge on any atom is 0.175 e. The Balaban J connectivity index is 1.53. The number of aryl methyl sites for hydroxylation is 1. The zero-order valence-corrected chi connectivity index (χ0v) is 18.9. The summed E-state index contributed by atoms with van der Waals surface area (Å²) in [7, 11) is 0. The van der Waals surface area contributed by atoms with Crippen LogP contribution in [-0.4, -0.2) is 14.9 Å². The maximum absolute atomic E-state index is 6.14. The minimum atomic E-state index is 0.520. The van der Waals surface area contributed by atoms with Gasteiger partial charge in [-0.1, -0.05) is 65.7 Å². The molecule has 4 aromatic rings. The molecule has 0 saturated carbocycles. The molecular weight excluding hydrogens is 435 g/mol. The van der Waals surface area contributed by atoms with E-state index < -0.39 is 0 Å². The molecule has 0 unspecified atom stereocenters. The average molecular weight is 455 g/mol. The fraction of sp³-hybridized carbons (Fsp3) is 0.130. The highest BCUT2D eigenvalue weighted by atomic mass is 35.5. The van der Waals surface area contributed by atoms with Crippen LogP contribution in [0, 0.1) is 13.8 Å². The first-order chi connectivity index (χ1) is 14.4. The number of hydrogen-bond donors (Lipinski definition) is 2. The molecule has 0 fully saturated rings. The molecule has 30 heavy (non-hydrogen) atoms. The van der Waals surface area contributed by atoms with E-state index in [1.54, 1.807) is 6.07 Å². The van der Waals surface area contributed by atoms with E-state index in [9.17, 15) is 0 Å². The zero-order valence-electron chi connectivity index (χ0n) is 16.5. The van der Waals surface area contributed by atoms with Crippen molar-refractivity contribution in [1.29, 1.82) is 0 Å². The molecule has 0 radical (unpaired) electrons. The van der Waals surface area contributed by atoms with Crippen LogP contribution in [0.25, 0.3) is 10.8 Å². The van der Waals surface area contributed by atoms with E-state index >= 15 is 0 Å². The minimum Gasteiger partial charge on any atom is -0.332 e. The van der Waals surface area contributed by atoms with Gasteiger partial charge >= 0.3 is 0 Å². The Bertz CT molecular complexity index is 1240. The molecule has 1 heterocycles. The molecule has 0 atom stereocenters. The smallest absolute Gasteiger partial charge is 0.175 e. The summed E-state index contributed by atoms with van der Waals surface area (Å²) in [6.07, 6.45) is 0.